The van der Waals surface area contributed by atoms with Crippen molar-refractivity contribution < 1.29 is 16.4 Å². The number of benzene rings is 1. The molecule has 1 aromatic carbocycles. The van der Waals surface area contributed by atoms with Gasteiger partial charge >= 0.3 is 0 Å². The topological polar surface area (TPSA) is 12.0 Å². The first-order valence-electron chi connectivity index (χ1n) is 12.2. The summed E-state index contributed by atoms with van der Waals surface area (Å²) in [6.45, 7) is 0. The third-order valence-corrected chi connectivity index (χ3v) is 3.32. The fourth-order valence-corrected chi connectivity index (χ4v) is 2.40. The van der Waals surface area contributed by atoms with Crippen LogP contribution >= 0.6 is 0 Å². The molecule has 2 aliphatic carbocycles. The minimum absolute atomic E-state index is 0.224. The van der Waals surface area contributed by atoms with Gasteiger partial charge in [-0.15, -0.1) is 0 Å². The van der Waals surface area contributed by atoms with E-state index in [9.17, 15) is 1.37 Å². The van der Waals surface area contributed by atoms with Crippen LogP contribution in [0.15, 0.2) is 54.2 Å². The van der Waals surface area contributed by atoms with Gasteiger partial charge in [0.1, 0.15) is 0 Å². The van der Waals surface area contributed by atoms with Gasteiger partial charge in [0, 0.05) is 32.7 Å². The maximum absolute atomic E-state index is 9.20. The quantitative estimate of drug-likeness (QED) is 0.807. The van der Waals surface area contributed by atoms with E-state index in [1.807, 2.05) is 0 Å². The van der Waals surface area contributed by atoms with Crippen LogP contribution in [0.25, 0.3) is 0 Å². The Labute approximate surface area is 132 Å². The highest BCUT2D eigenvalue weighted by molar-refractivity contribution is 5.28. The van der Waals surface area contributed by atoms with E-state index in [0.717, 1.165) is 12.2 Å². The molecule has 1 aromatic rings. The maximum atomic E-state index is 9.20. The van der Waals surface area contributed by atoms with E-state index in [2.05, 4.69) is 5.32 Å². The lowest BCUT2D eigenvalue weighted by molar-refractivity contribution is 0.252. The number of nitrogens with one attached hydrogen (secondary N) is 1. The van der Waals surface area contributed by atoms with Crippen LogP contribution in [-0.4, -0.2) is 6.04 Å². The van der Waals surface area contributed by atoms with Gasteiger partial charge in [-0.05, 0) is 48.9 Å². The fraction of sp³-hybridized carbons (Fsp3) is 0.444. The predicted molar refractivity (Wildman–Crippen MR) is 78.8 cm³/mol. The Bertz CT molecular complexity index is 1000. The van der Waals surface area contributed by atoms with Crippen LogP contribution in [0.1, 0.15) is 53.4 Å². The summed E-state index contributed by atoms with van der Waals surface area (Å²) in [7, 11) is 0. The molecular weight excluding hydrogens is 230 g/mol. The van der Waals surface area contributed by atoms with Crippen LogP contribution < -0.4 is 5.32 Å². The summed E-state index contributed by atoms with van der Waals surface area (Å²) in [6, 6.07) is 4.30. The van der Waals surface area contributed by atoms with Crippen molar-refractivity contribution in [3.8, 4) is 0 Å². The highest BCUT2D eigenvalue weighted by Gasteiger charge is 2.42. The van der Waals surface area contributed by atoms with E-state index in [-0.39, 0.29) is 11.3 Å². The van der Waals surface area contributed by atoms with Gasteiger partial charge in [0.05, 0.1) is 1.37 Å². The maximum Gasteiger partial charge on any atom is 0.0576 e. The summed E-state index contributed by atoms with van der Waals surface area (Å²) in [4.78, 5) is 0. The van der Waals surface area contributed by atoms with E-state index >= 15 is 0 Å². The van der Waals surface area contributed by atoms with Gasteiger partial charge < -0.3 is 5.32 Å². The van der Waals surface area contributed by atoms with Crippen LogP contribution in [-0.2, 0) is 0 Å². The molecule has 19 heavy (non-hydrogen) atoms. The zero-order valence-electron chi connectivity index (χ0n) is 22.1. The third kappa shape index (κ3) is 1.92. The van der Waals surface area contributed by atoms with Crippen molar-refractivity contribution in [3.63, 3.8) is 0 Å². The molecule has 4 atom stereocenters. The van der Waals surface area contributed by atoms with Crippen LogP contribution in [0.3, 0.4) is 0 Å². The van der Waals surface area contributed by atoms with Crippen molar-refractivity contribution in [2.45, 2.75) is 37.4 Å². The molecule has 4 rings (SSSR count). The Kier molecular flexibility index (Phi) is 1.08. The Hall–Kier alpha value is -1.50. The monoisotopic (exact) mass is 263 g/mol. The van der Waals surface area contributed by atoms with Gasteiger partial charge in [0.25, 0.3) is 0 Å². The normalized spacial score (nSPS) is 68.1. The van der Waals surface area contributed by atoms with Crippen molar-refractivity contribution in [2.24, 2.45) is 11.8 Å². The molecule has 3 aliphatic rings. The van der Waals surface area contributed by atoms with Crippen molar-refractivity contribution >= 4 is 0 Å². The number of hydrogen-bond acceptors (Lipinski definition) is 1. The van der Waals surface area contributed by atoms with Crippen molar-refractivity contribution in [1.82, 2.24) is 5.32 Å². The van der Waals surface area contributed by atoms with Gasteiger partial charge in [-0.2, -0.15) is 0 Å². The smallest absolute Gasteiger partial charge is 0.0576 e. The lowest BCUT2D eigenvalue weighted by atomic mass is 9.71. The molecule has 0 bridgehead atoms. The van der Waals surface area contributed by atoms with Crippen molar-refractivity contribution in [1.29, 1.82) is 0 Å². The minimum atomic E-state index is -3.27. The summed E-state index contributed by atoms with van der Waals surface area (Å²) < 4.78 is 104. The third-order valence-electron chi connectivity index (χ3n) is 3.32. The molecule has 1 saturated carbocycles. The molecule has 0 radical (unpaired) electrons. The summed E-state index contributed by atoms with van der Waals surface area (Å²) in [6.07, 6.45) is -10.2. The van der Waals surface area contributed by atoms with Crippen LogP contribution in [0.5, 0.6) is 0 Å². The van der Waals surface area contributed by atoms with Gasteiger partial charge in [-0.1, -0.05) is 42.5 Å². The van der Waals surface area contributed by atoms with Crippen molar-refractivity contribution in [2.75, 3.05) is 0 Å². The van der Waals surface area contributed by atoms with E-state index < -0.39 is 55.3 Å². The standard InChI is InChI=1S/C18H21N/c1-2-6-13(7-3-1)14-10-11-18-16(12-14)15-8-4-5-9-17(15)19-18/h1-7,9,14-16,18-19H,8,10-12H2/i4D,8D2,10D2,11D2,12D2,14D,15D,16D. The molecule has 0 aromatic heterocycles. The molecule has 0 amide bonds. The highest BCUT2D eigenvalue weighted by Crippen LogP contribution is 2.47. The van der Waals surface area contributed by atoms with Gasteiger partial charge in [-0.3, -0.25) is 0 Å². The average Bonchev–Trinajstić information content (AvgIpc) is 2.95. The first-order chi connectivity index (χ1) is 14.0. The first-order valence-corrected chi connectivity index (χ1v) is 6.19. The second-order valence-electron chi connectivity index (χ2n) is 4.52. The summed E-state index contributed by atoms with van der Waals surface area (Å²) >= 11 is 0. The molecule has 1 heteroatoms. The SMILES string of the molecule is [2H]C1=CC=C2NC3C([2H])([2H])C([2H])([2H])C([2H])(c4ccccc4)C([2H])([2H])C3([2H])C2([2H])C1([2H])[2H]. The Balaban J connectivity index is 2.12. The van der Waals surface area contributed by atoms with E-state index in [1.54, 1.807) is 6.07 Å². The minimum Gasteiger partial charge on any atom is -0.385 e. The average molecular weight is 263 g/mol. The van der Waals surface area contributed by atoms with Crippen LogP contribution in [0.2, 0.25) is 0 Å². The first kappa shape index (κ1) is 4.51. The fourth-order valence-electron chi connectivity index (χ4n) is 2.40. The van der Waals surface area contributed by atoms with Crippen LogP contribution in [0.4, 0.5) is 0 Å². The second kappa shape index (κ2) is 4.56. The van der Waals surface area contributed by atoms with E-state index in [4.69, 9.17) is 15.1 Å². The molecule has 0 spiro atoms. The summed E-state index contributed by atoms with van der Waals surface area (Å²) in [5.41, 5.74) is -0.535. The number of fused-ring (bicyclic) bond motifs is 3. The summed E-state index contributed by atoms with van der Waals surface area (Å²) in [5, 5.41) is 2.52. The molecule has 1 heterocycles. The van der Waals surface area contributed by atoms with E-state index in [0.29, 0.717) is 0 Å². The molecule has 1 nitrogen and oxygen atoms in total. The van der Waals surface area contributed by atoms with Crippen molar-refractivity contribution in [3.05, 3.63) is 59.8 Å². The molecule has 2 fully saturated rings. The molecule has 98 valence electrons. The predicted octanol–water partition coefficient (Wildman–Crippen LogP) is 4.00. The lowest BCUT2D eigenvalue weighted by Crippen LogP contribution is -2.32. The van der Waals surface area contributed by atoms with Gasteiger partial charge in [0.2, 0.25) is 0 Å². The number of hydrogen-bond donors (Lipinski definition) is 1. The van der Waals surface area contributed by atoms with Crippen LogP contribution in [0, 0.1) is 11.8 Å². The van der Waals surface area contributed by atoms with Gasteiger partial charge in [0.15, 0.2) is 0 Å². The summed E-state index contributed by atoms with van der Waals surface area (Å²) in [5.74, 6) is -8.85. The molecule has 1 saturated heterocycles. The zero-order chi connectivity index (χ0) is 23.5. The van der Waals surface area contributed by atoms with E-state index in [1.165, 1.54) is 24.3 Å². The molecular formula is C18H21N. The largest absolute Gasteiger partial charge is 0.385 e. The second-order valence-corrected chi connectivity index (χ2v) is 4.52. The Morgan fingerprint density at radius 3 is 3.05 bits per heavy atom. The Morgan fingerprint density at radius 1 is 1.26 bits per heavy atom. The zero-order valence-corrected chi connectivity index (χ0v) is 10.1. The highest BCUT2D eigenvalue weighted by atomic mass is 15.0. The number of rotatable bonds is 1. The molecule has 1 N–H and O–H groups in total. The number of allylic oxidation sites excluding steroid dienone is 4. The molecule has 1 aliphatic heterocycles. The van der Waals surface area contributed by atoms with Gasteiger partial charge in [-0.25, -0.2) is 0 Å². The Morgan fingerprint density at radius 2 is 2.16 bits per heavy atom. The molecule has 4 unspecified atom stereocenters. The lowest BCUT2D eigenvalue weighted by Gasteiger charge is -2.34.